The lowest BCUT2D eigenvalue weighted by molar-refractivity contribution is 0.598. The average Bonchev–Trinajstić information content (AvgIpc) is 2.16. The van der Waals surface area contributed by atoms with Crippen LogP contribution in [0.3, 0.4) is 0 Å². The molecule has 4 heteroatoms. The van der Waals surface area contributed by atoms with Gasteiger partial charge in [-0.3, -0.25) is 0 Å². The second kappa shape index (κ2) is 3.32. The van der Waals surface area contributed by atoms with Crippen molar-refractivity contribution in [3.63, 3.8) is 0 Å². The largest absolute Gasteiger partial charge is 0.238 e. The normalized spacial score (nSPS) is 11.9. The third-order valence-electron chi connectivity index (χ3n) is 2.40. The molecule has 2 N–H and O–H groups in total. The van der Waals surface area contributed by atoms with Gasteiger partial charge in [0, 0.05) is 0 Å². The molecule has 2 rings (SSSR count). The first kappa shape index (κ1) is 10.1. The highest BCUT2D eigenvalue weighted by Gasteiger charge is 2.08. The Morgan fingerprint density at radius 2 is 1.87 bits per heavy atom. The van der Waals surface area contributed by atoms with Gasteiger partial charge in [0.2, 0.25) is 10.0 Å². The first-order chi connectivity index (χ1) is 6.98. The molecule has 0 atom stereocenters. The SMILES string of the molecule is Cc1cccc2cc(S(N)(=O)=O)ccc12. The fraction of sp³-hybridized carbons (Fsp3) is 0.0909. The van der Waals surface area contributed by atoms with Crippen molar-refractivity contribution in [3.05, 3.63) is 42.0 Å². The van der Waals surface area contributed by atoms with E-state index in [-0.39, 0.29) is 4.90 Å². The van der Waals surface area contributed by atoms with Crippen LogP contribution in [0.5, 0.6) is 0 Å². The Hall–Kier alpha value is -1.39. The van der Waals surface area contributed by atoms with Crippen LogP contribution in [0.2, 0.25) is 0 Å². The number of rotatable bonds is 1. The summed E-state index contributed by atoms with van der Waals surface area (Å²) >= 11 is 0. The summed E-state index contributed by atoms with van der Waals surface area (Å²) in [6, 6.07) is 10.7. The van der Waals surface area contributed by atoms with Gasteiger partial charge in [-0.2, -0.15) is 0 Å². The Morgan fingerprint density at radius 3 is 2.53 bits per heavy atom. The fourth-order valence-electron chi connectivity index (χ4n) is 1.60. The number of aryl methyl sites for hydroxylation is 1. The molecule has 0 aliphatic rings. The van der Waals surface area contributed by atoms with Crippen molar-refractivity contribution in [1.29, 1.82) is 0 Å². The Bertz CT molecular complexity index is 618. The van der Waals surface area contributed by atoms with Crippen LogP contribution in [0.4, 0.5) is 0 Å². The van der Waals surface area contributed by atoms with Gasteiger partial charge in [-0.15, -0.1) is 0 Å². The van der Waals surface area contributed by atoms with Crippen LogP contribution >= 0.6 is 0 Å². The molecule has 0 unspecified atom stereocenters. The van der Waals surface area contributed by atoms with E-state index in [4.69, 9.17) is 5.14 Å². The Labute approximate surface area is 88.6 Å². The molecule has 0 bridgehead atoms. The molecule has 15 heavy (non-hydrogen) atoms. The summed E-state index contributed by atoms with van der Waals surface area (Å²) < 4.78 is 22.3. The van der Waals surface area contributed by atoms with E-state index in [0.717, 1.165) is 16.3 Å². The van der Waals surface area contributed by atoms with Crippen LogP contribution in [0.1, 0.15) is 5.56 Å². The number of primary sulfonamides is 1. The zero-order chi connectivity index (χ0) is 11.1. The van der Waals surface area contributed by atoms with E-state index in [1.54, 1.807) is 12.1 Å². The molecule has 0 saturated carbocycles. The maximum absolute atomic E-state index is 11.1. The van der Waals surface area contributed by atoms with E-state index in [1.165, 1.54) is 6.07 Å². The number of nitrogens with two attached hydrogens (primary N) is 1. The molecule has 2 aromatic carbocycles. The molecule has 0 radical (unpaired) electrons. The highest BCUT2D eigenvalue weighted by molar-refractivity contribution is 7.89. The van der Waals surface area contributed by atoms with E-state index in [9.17, 15) is 8.42 Å². The second-order valence-corrected chi connectivity index (χ2v) is 5.06. The highest BCUT2D eigenvalue weighted by atomic mass is 32.2. The van der Waals surface area contributed by atoms with Crippen LogP contribution in [0, 0.1) is 6.92 Å². The van der Waals surface area contributed by atoms with Gasteiger partial charge in [0.15, 0.2) is 0 Å². The Kier molecular flexibility index (Phi) is 2.25. The van der Waals surface area contributed by atoms with E-state index in [1.807, 2.05) is 25.1 Å². The van der Waals surface area contributed by atoms with Crippen LogP contribution in [-0.4, -0.2) is 8.42 Å². The van der Waals surface area contributed by atoms with Crippen molar-refractivity contribution in [1.82, 2.24) is 0 Å². The number of hydrogen-bond donors (Lipinski definition) is 1. The van der Waals surface area contributed by atoms with Crippen LogP contribution in [-0.2, 0) is 10.0 Å². The Morgan fingerprint density at radius 1 is 1.13 bits per heavy atom. The topological polar surface area (TPSA) is 60.2 Å². The van der Waals surface area contributed by atoms with E-state index >= 15 is 0 Å². The van der Waals surface area contributed by atoms with Gasteiger partial charge in [0.05, 0.1) is 4.90 Å². The minimum Gasteiger partial charge on any atom is -0.225 e. The minimum absolute atomic E-state index is 0.153. The second-order valence-electron chi connectivity index (χ2n) is 3.50. The van der Waals surface area contributed by atoms with Crippen molar-refractivity contribution in [2.75, 3.05) is 0 Å². The number of benzene rings is 2. The van der Waals surface area contributed by atoms with Gasteiger partial charge < -0.3 is 0 Å². The van der Waals surface area contributed by atoms with Crippen molar-refractivity contribution < 1.29 is 8.42 Å². The number of sulfonamides is 1. The zero-order valence-corrected chi connectivity index (χ0v) is 9.08. The van der Waals surface area contributed by atoms with Crippen molar-refractivity contribution in [2.45, 2.75) is 11.8 Å². The monoisotopic (exact) mass is 221 g/mol. The summed E-state index contributed by atoms with van der Waals surface area (Å²) in [5.41, 5.74) is 1.12. The summed E-state index contributed by atoms with van der Waals surface area (Å²) in [6.45, 7) is 1.99. The predicted octanol–water partition coefficient (Wildman–Crippen LogP) is 1.80. The summed E-state index contributed by atoms with van der Waals surface area (Å²) in [4.78, 5) is 0.153. The third-order valence-corrected chi connectivity index (χ3v) is 3.31. The maximum Gasteiger partial charge on any atom is 0.238 e. The van der Waals surface area contributed by atoms with Gasteiger partial charge in [0.1, 0.15) is 0 Å². The summed E-state index contributed by atoms with van der Waals surface area (Å²) in [7, 11) is -3.61. The smallest absolute Gasteiger partial charge is 0.225 e. The molecule has 78 valence electrons. The molecule has 3 nitrogen and oxygen atoms in total. The summed E-state index contributed by atoms with van der Waals surface area (Å²) in [5.74, 6) is 0. The van der Waals surface area contributed by atoms with Crippen LogP contribution in [0.25, 0.3) is 10.8 Å². The van der Waals surface area contributed by atoms with Gasteiger partial charge >= 0.3 is 0 Å². The third kappa shape index (κ3) is 1.86. The molecular formula is C11H11NO2S. The lowest BCUT2D eigenvalue weighted by Gasteiger charge is -2.03. The highest BCUT2D eigenvalue weighted by Crippen LogP contribution is 2.21. The van der Waals surface area contributed by atoms with Gasteiger partial charge in [-0.1, -0.05) is 24.3 Å². The molecule has 0 amide bonds. The predicted molar refractivity (Wildman–Crippen MR) is 60.1 cm³/mol. The molecule has 0 aliphatic carbocycles. The maximum atomic E-state index is 11.1. The zero-order valence-electron chi connectivity index (χ0n) is 8.27. The average molecular weight is 221 g/mol. The molecule has 0 spiro atoms. The molecule has 0 saturated heterocycles. The van der Waals surface area contributed by atoms with Gasteiger partial charge in [-0.25, -0.2) is 13.6 Å². The van der Waals surface area contributed by atoms with Crippen LogP contribution < -0.4 is 5.14 Å². The van der Waals surface area contributed by atoms with Crippen molar-refractivity contribution in [3.8, 4) is 0 Å². The molecule has 2 aromatic rings. The van der Waals surface area contributed by atoms with E-state index in [2.05, 4.69) is 0 Å². The minimum atomic E-state index is -3.61. The van der Waals surface area contributed by atoms with Gasteiger partial charge in [-0.05, 0) is 35.4 Å². The van der Waals surface area contributed by atoms with Gasteiger partial charge in [0.25, 0.3) is 0 Å². The standard InChI is InChI=1S/C11H11NO2S/c1-8-3-2-4-9-7-10(15(12,13)14)5-6-11(8)9/h2-7H,1H3,(H2,12,13,14). The Balaban J connectivity index is 2.79. The van der Waals surface area contributed by atoms with E-state index < -0.39 is 10.0 Å². The summed E-state index contributed by atoms with van der Waals surface area (Å²) in [5, 5.41) is 6.99. The first-order valence-corrected chi connectivity index (χ1v) is 6.05. The van der Waals surface area contributed by atoms with E-state index in [0.29, 0.717) is 0 Å². The van der Waals surface area contributed by atoms with Crippen LogP contribution in [0.15, 0.2) is 41.3 Å². The van der Waals surface area contributed by atoms with Crippen molar-refractivity contribution in [2.24, 2.45) is 5.14 Å². The molecule has 0 fully saturated rings. The lowest BCUT2D eigenvalue weighted by atomic mass is 10.1. The quantitative estimate of drug-likeness (QED) is 0.798. The molecule has 0 aliphatic heterocycles. The number of fused-ring (bicyclic) bond motifs is 1. The fourth-order valence-corrected chi connectivity index (χ4v) is 2.15. The first-order valence-electron chi connectivity index (χ1n) is 4.51. The molecular weight excluding hydrogens is 210 g/mol. The molecule has 0 heterocycles. The molecule has 0 aromatic heterocycles. The number of hydrogen-bond acceptors (Lipinski definition) is 2. The lowest BCUT2D eigenvalue weighted by Crippen LogP contribution is -2.11. The van der Waals surface area contributed by atoms with Crippen molar-refractivity contribution >= 4 is 20.8 Å². The summed E-state index contributed by atoms with van der Waals surface area (Å²) in [6.07, 6.45) is 0.